The maximum Gasteiger partial charge on any atom is 0.164 e. The van der Waals surface area contributed by atoms with Crippen molar-refractivity contribution in [1.29, 1.82) is 0 Å². The van der Waals surface area contributed by atoms with Gasteiger partial charge in [-0.3, -0.25) is 0 Å². The number of hydrogen-bond acceptors (Lipinski definition) is 6. The first-order chi connectivity index (χ1) is 20.6. The third-order valence-electron chi connectivity index (χ3n) is 8.17. The van der Waals surface area contributed by atoms with Crippen molar-refractivity contribution >= 4 is 44.1 Å². The average molecular weight is 543 g/mol. The van der Waals surface area contributed by atoms with Gasteiger partial charge >= 0.3 is 0 Å². The molecule has 0 fully saturated rings. The van der Waals surface area contributed by atoms with Crippen molar-refractivity contribution in [3.05, 3.63) is 96.1 Å². The number of hydrogen-bond donors (Lipinski definition) is 2. The van der Waals surface area contributed by atoms with Crippen LogP contribution >= 0.6 is 0 Å². The predicted octanol–water partition coefficient (Wildman–Crippen LogP) is 7.49. The van der Waals surface area contributed by atoms with E-state index in [1.54, 1.807) is 0 Å². The highest BCUT2D eigenvalue weighted by molar-refractivity contribution is 6.06. The summed E-state index contributed by atoms with van der Waals surface area (Å²) in [7, 11) is 0. The quantitative estimate of drug-likeness (QED) is 0.206. The van der Waals surface area contributed by atoms with Crippen LogP contribution in [0.15, 0.2) is 84.9 Å². The number of benzene rings is 4. The highest BCUT2D eigenvalue weighted by Gasteiger charge is 2.21. The minimum absolute atomic E-state index is 0.599. The number of aryl methyl sites for hydroxylation is 2. The van der Waals surface area contributed by atoms with Crippen molar-refractivity contribution < 1.29 is 0 Å². The number of nitrogens with zero attached hydrogens (tertiary/aromatic N) is 6. The Morgan fingerprint density at radius 3 is 1.05 bits per heavy atom. The molecule has 2 aliphatic heterocycles. The first-order valence-corrected chi connectivity index (χ1v) is 13.8. The molecule has 0 aliphatic carbocycles. The van der Waals surface area contributed by atoms with Gasteiger partial charge in [-0.1, -0.05) is 72.8 Å². The molecule has 42 heavy (non-hydrogen) atoms. The zero-order chi connectivity index (χ0) is 27.9. The molecule has 2 N–H and O–H groups in total. The summed E-state index contributed by atoms with van der Waals surface area (Å²) in [5, 5.41) is 3.87. The van der Waals surface area contributed by atoms with E-state index in [9.17, 15) is 0 Å². The Bertz CT molecular complexity index is 2280. The van der Waals surface area contributed by atoms with E-state index in [1.807, 2.05) is 72.8 Å². The van der Waals surface area contributed by atoms with Gasteiger partial charge in [0.25, 0.3) is 0 Å². The van der Waals surface area contributed by atoms with Crippen LogP contribution in [-0.4, -0.2) is 39.9 Å². The maximum absolute atomic E-state index is 5.09. The summed E-state index contributed by atoms with van der Waals surface area (Å²) < 4.78 is 0. The summed E-state index contributed by atoms with van der Waals surface area (Å²) in [6, 6.07) is 28.6. The van der Waals surface area contributed by atoms with Crippen LogP contribution < -0.4 is 0 Å². The third-order valence-corrected chi connectivity index (χ3v) is 8.17. The molecule has 0 unspecified atom stereocenters. The first kappa shape index (κ1) is 23.0. The number of aromatic amines is 2. The lowest BCUT2D eigenvalue weighted by Gasteiger charge is -2.00. The Morgan fingerprint density at radius 1 is 0.381 bits per heavy atom. The smallest absolute Gasteiger partial charge is 0.164 e. The van der Waals surface area contributed by atoms with Gasteiger partial charge in [0, 0.05) is 43.8 Å². The Labute approximate surface area is 239 Å². The SMILES string of the molecule is Cc1cc2c3nc4nc(nc5[nH]c(nc6nc(nc([nH]3)c2cc1C)-c1ccccc1-6)c1ccccc51)-c1ccccc1-4. The summed E-state index contributed by atoms with van der Waals surface area (Å²) in [6.07, 6.45) is 0. The summed E-state index contributed by atoms with van der Waals surface area (Å²) in [5.41, 5.74) is 8.84. The molecule has 0 spiro atoms. The van der Waals surface area contributed by atoms with Crippen LogP contribution in [0.1, 0.15) is 11.1 Å². The zero-order valence-electron chi connectivity index (χ0n) is 22.8. The molecule has 8 heteroatoms. The van der Waals surface area contributed by atoms with Crippen molar-refractivity contribution in [2.45, 2.75) is 13.8 Å². The molecule has 0 radical (unpaired) electrons. The molecule has 198 valence electrons. The summed E-state index contributed by atoms with van der Waals surface area (Å²) in [4.78, 5) is 37.1. The molecule has 3 aromatic heterocycles. The minimum atomic E-state index is 0.599. The van der Waals surface area contributed by atoms with Crippen LogP contribution in [0.3, 0.4) is 0 Å². The van der Waals surface area contributed by atoms with E-state index in [2.05, 4.69) is 35.9 Å². The van der Waals surface area contributed by atoms with Gasteiger partial charge in [-0.25, -0.2) is 29.9 Å². The Kier molecular flexibility index (Phi) is 4.58. The number of rotatable bonds is 0. The minimum Gasteiger partial charge on any atom is -0.324 e. The van der Waals surface area contributed by atoms with Crippen molar-refractivity contribution in [2.24, 2.45) is 0 Å². The standard InChI is InChI=1S/C34H22N8/c1-17-15-25-26(16-18(17)2)34-41-32-24-14-8-6-12-22(24)30(39-32)37-28-20-10-4-3-9-19(20)27(35-28)36-29-21-11-5-7-13-23(21)31(38-29)40-33(25)42-34/h3-16H,1-2H3,(H2,35,36,37,38,39,40,41,42). The van der Waals surface area contributed by atoms with Gasteiger partial charge in [-0.2, -0.15) is 0 Å². The van der Waals surface area contributed by atoms with Gasteiger partial charge in [0.1, 0.15) is 22.6 Å². The topological polar surface area (TPSA) is 109 Å². The van der Waals surface area contributed by atoms with E-state index in [4.69, 9.17) is 29.9 Å². The summed E-state index contributed by atoms with van der Waals surface area (Å²) in [6.45, 7) is 4.22. The lowest BCUT2D eigenvalue weighted by Crippen LogP contribution is -1.82. The van der Waals surface area contributed by atoms with E-state index in [0.29, 0.717) is 45.9 Å². The second kappa shape index (κ2) is 8.37. The molecular weight excluding hydrogens is 520 g/mol. The van der Waals surface area contributed by atoms with Gasteiger partial charge < -0.3 is 9.97 Å². The van der Waals surface area contributed by atoms with Crippen LogP contribution in [0.2, 0.25) is 0 Å². The van der Waals surface area contributed by atoms with Crippen LogP contribution in [0.5, 0.6) is 0 Å². The Hall–Kier alpha value is -5.76. The highest BCUT2D eigenvalue weighted by atomic mass is 15.1. The van der Waals surface area contributed by atoms with E-state index in [0.717, 1.165) is 43.8 Å². The number of aromatic nitrogens is 8. The normalized spacial score (nSPS) is 12.0. The van der Waals surface area contributed by atoms with Gasteiger partial charge in [0.2, 0.25) is 0 Å². The molecule has 0 saturated heterocycles. The monoisotopic (exact) mass is 542 g/mol. The molecule has 8 nitrogen and oxygen atoms in total. The average Bonchev–Trinajstić information content (AvgIpc) is 3.73. The first-order valence-electron chi connectivity index (χ1n) is 13.8. The van der Waals surface area contributed by atoms with E-state index in [1.165, 1.54) is 11.1 Å². The maximum atomic E-state index is 5.09. The van der Waals surface area contributed by atoms with Crippen molar-refractivity contribution in [3.63, 3.8) is 0 Å². The number of nitrogens with one attached hydrogen (secondary N) is 2. The fraction of sp³-hybridized carbons (Fsp3) is 0.0588. The fourth-order valence-electron chi connectivity index (χ4n) is 5.90. The van der Waals surface area contributed by atoms with E-state index in [-0.39, 0.29) is 0 Å². The molecule has 2 aliphatic rings. The second-order valence-electron chi connectivity index (χ2n) is 10.7. The molecule has 0 amide bonds. The van der Waals surface area contributed by atoms with E-state index < -0.39 is 0 Å². The van der Waals surface area contributed by atoms with Gasteiger partial charge in [0.15, 0.2) is 23.3 Å². The lowest BCUT2D eigenvalue weighted by atomic mass is 10.1. The Balaban J connectivity index is 1.52. The molecule has 0 saturated carbocycles. The predicted molar refractivity (Wildman–Crippen MR) is 166 cm³/mol. The van der Waals surface area contributed by atoms with Crippen molar-refractivity contribution in [1.82, 2.24) is 39.9 Å². The molecule has 7 aromatic rings. The third kappa shape index (κ3) is 3.29. The summed E-state index contributed by atoms with van der Waals surface area (Å²) in [5.74, 6) is 2.40. The Morgan fingerprint density at radius 2 is 0.690 bits per heavy atom. The molecule has 9 rings (SSSR count). The van der Waals surface area contributed by atoms with Crippen LogP contribution in [0.4, 0.5) is 0 Å². The van der Waals surface area contributed by atoms with Gasteiger partial charge in [-0.05, 0) is 37.1 Å². The van der Waals surface area contributed by atoms with E-state index >= 15 is 0 Å². The molecule has 4 aromatic carbocycles. The fourth-order valence-corrected chi connectivity index (χ4v) is 5.90. The second-order valence-corrected chi connectivity index (χ2v) is 10.7. The van der Waals surface area contributed by atoms with Crippen LogP contribution in [0, 0.1) is 13.8 Å². The van der Waals surface area contributed by atoms with Crippen LogP contribution in [0.25, 0.3) is 89.7 Å². The number of fused-ring (bicyclic) bond motifs is 20. The molecule has 5 heterocycles. The van der Waals surface area contributed by atoms with Crippen LogP contribution in [-0.2, 0) is 0 Å². The molecular formula is C34H22N8. The lowest BCUT2D eigenvalue weighted by molar-refractivity contribution is 1.19. The molecule has 0 atom stereocenters. The zero-order valence-corrected chi connectivity index (χ0v) is 22.8. The van der Waals surface area contributed by atoms with Crippen molar-refractivity contribution in [3.8, 4) is 45.6 Å². The molecule has 8 bridgehead atoms. The number of H-pyrrole nitrogens is 2. The highest BCUT2D eigenvalue weighted by Crippen LogP contribution is 2.37. The van der Waals surface area contributed by atoms with Gasteiger partial charge in [-0.15, -0.1) is 0 Å². The summed E-state index contributed by atoms with van der Waals surface area (Å²) >= 11 is 0. The van der Waals surface area contributed by atoms with Crippen molar-refractivity contribution in [2.75, 3.05) is 0 Å². The largest absolute Gasteiger partial charge is 0.324 e. The van der Waals surface area contributed by atoms with Gasteiger partial charge in [0.05, 0.1) is 0 Å².